The molecule has 0 heterocycles. The molecule has 2 amide bonds. The Morgan fingerprint density at radius 2 is 1.65 bits per heavy atom. The summed E-state index contributed by atoms with van der Waals surface area (Å²) in [6.07, 6.45) is 0. The van der Waals surface area contributed by atoms with Crippen molar-refractivity contribution in [2.45, 2.75) is 13.1 Å². The summed E-state index contributed by atoms with van der Waals surface area (Å²) in [7, 11) is 4.15. The summed E-state index contributed by atoms with van der Waals surface area (Å²) in [4.78, 5) is 25.4. The molecule has 0 aliphatic heterocycles. The average Bonchev–Trinajstić information content (AvgIpc) is 2.60. The van der Waals surface area contributed by atoms with Gasteiger partial charge in [-0.15, -0.1) is 0 Å². The van der Waals surface area contributed by atoms with Gasteiger partial charge in [0.05, 0.1) is 30.7 Å². The minimum Gasteiger partial charge on any atom is -0.350 e. The summed E-state index contributed by atoms with van der Waals surface area (Å²) in [5.41, 5.74) is 2.61. The normalized spacial score (nSPS) is 10.7. The van der Waals surface area contributed by atoms with E-state index in [0.717, 1.165) is 12.1 Å². The van der Waals surface area contributed by atoms with Gasteiger partial charge in [0.2, 0.25) is 5.91 Å². The predicted octanol–water partition coefficient (Wildman–Crippen LogP) is 1.68. The highest BCUT2D eigenvalue weighted by atomic mass is 35.5. The third kappa shape index (κ3) is 6.02. The summed E-state index contributed by atoms with van der Waals surface area (Å²) in [5, 5.41) is 6.07. The van der Waals surface area contributed by atoms with E-state index in [4.69, 9.17) is 23.2 Å². The average molecular weight is 395 g/mol. The molecule has 0 aliphatic rings. The van der Waals surface area contributed by atoms with Gasteiger partial charge in [-0.25, -0.2) is 0 Å². The highest BCUT2D eigenvalue weighted by molar-refractivity contribution is 6.42. The number of hydrogen-bond acceptors (Lipinski definition) is 2. The second kappa shape index (κ2) is 9.57. The maximum Gasteiger partial charge on any atom is 0.251 e. The van der Waals surface area contributed by atoms with E-state index in [9.17, 15) is 9.59 Å². The second-order valence-corrected chi connectivity index (χ2v) is 7.06. The van der Waals surface area contributed by atoms with E-state index < -0.39 is 0 Å². The van der Waals surface area contributed by atoms with Crippen LogP contribution in [0.25, 0.3) is 0 Å². The Balaban J connectivity index is 1.86. The Labute approximate surface area is 163 Å². The van der Waals surface area contributed by atoms with Crippen molar-refractivity contribution >= 4 is 35.0 Å². The van der Waals surface area contributed by atoms with Crippen molar-refractivity contribution in [1.29, 1.82) is 0 Å². The van der Waals surface area contributed by atoms with Crippen LogP contribution in [0.1, 0.15) is 21.5 Å². The fourth-order valence-corrected chi connectivity index (χ4v) is 2.74. The maximum absolute atomic E-state index is 12.1. The molecule has 0 aromatic heterocycles. The highest BCUT2D eigenvalue weighted by Crippen LogP contribution is 2.22. The number of carbonyl (C=O) groups excluding carboxylic acids is 2. The van der Waals surface area contributed by atoms with E-state index in [1.54, 1.807) is 12.1 Å². The highest BCUT2D eigenvalue weighted by Gasteiger charge is 2.11. The third-order valence-corrected chi connectivity index (χ3v) is 4.47. The molecule has 26 heavy (non-hydrogen) atoms. The van der Waals surface area contributed by atoms with Crippen LogP contribution in [0, 0.1) is 0 Å². The molecule has 7 heteroatoms. The summed E-state index contributed by atoms with van der Waals surface area (Å²) in [6, 6.07) is 12.6. The van der Waals surface area contributed by atoms with E-state index in [-0.39, 0.29) is 18.4 Å². The molecule has 0 fully saturated rings. The van der Waals surface area contributed by atoms with Crippen molar-refractivity contribution in [3.05, 3.63) is 69.2 Å². The fourth-order valence-electron chi connectivity index (χ4n) is 2.44. The number of quaternary nitrogens is 1. The largest absolute Gasteiger partial charge is 0.350 e. The molecule has 0 spiro atoms. The van der Waals surface area contributed by atoms with E-state index >= 15 is 0 Å². The zero-order valence-electron chi connectivity index (χ0n) is 14.7. The van der Waals surface area contributed by atoms with Gasteiger partial charge in [0, 0.05) is 17.7 Å². The fraction of sp³-hybridized carbons (Fsp3) is 0.263. The first-order valence-electron chi connectivity index (χ1n) is 8.22. The van der Waals surface area contributed by atoms with Crippen LogP contribution in [0.5, 0.6) is 0 Å². The smallest absolute Gasteiger partial charge is 0.251 e. The van der Waals surface area contributed by atoms with Crippen molar-refractivity contribution in [1.82, 2.24) is 10.6 Å². The number of nitrogens with one attached hydrogen (secondary N) is 3. The third-order valence-electron chi connectivity index (χ3n) is 3.73. The van der Waals surface area contributed by atoms with Gasteiger partial charge in [-0.3, -0.25) is 9.59 Å². The van der Waals surface area contributed by atoms with Crippen LogP contribution < -0.4 is 15.5 Å². The zero-order valence-corrected chi connectivity index (χ0v) is 16.2. The van der Waals surface area contributed by atoms with Crippen LogP contribution in [0.4, 0.5) is 0 Å². The lowest BCUT2D eigenvalue weighted by atomic mass is 10.1. The van der Waals surface area contributed by atoms with E-state index in [2.05, 4.69) is 30.8 Å². The van der Waals surface area contributed by atoms with E-state index in [1.165, 1.54) is 16.5 Å². The maximum atomic E-state index is 12.1. The lowest BCUT2D eigenvalue weighted by molar-refractivity contribution is -0.872. The molecule has 0 bridgehead atoms. The molecule has 138 valence electrons. The second-order valence-electron chi connectivity index (χ2n) is 6.24. The molecule has 2 aromatic carbocycles. The van der Waals surface area contributed by atoms with Gasteiger partial charge in [-0.05, 0) is 23.8 Å². The Morgan fingerprint density at radius 3 is 2.31 bits per heavy atom. The van der Waals surface area contributed by atoms with Crippen molar-refractivity contribution in [2.24, 2.45) is 0 Å². The predicted molar refractivity (Wildman–Crippen MR) is 104 cm³/mol. The van der Waals surface area contributed by atoms with Crippen LogP contribution in [-0.4, -0.2) is 32.5 Å². The van der Waals surface area contributed by atoms with Crippen LogP contribution in [0.2, 0.25) is 10.0 Å². The molecule has 0 radical (unpaired) electrons. The van der Waals surface area contributed by atoms with Crippen LogP contribution in [0.3, 0.4) is 0 Å². The quantitative estimate of drug-likeness (QED) is 0.668. The number of carbonyl (C=O) groups is 2. The van der Waals surface area contributed by atoms with Crippen molar-refractivity contribution in [2.75, 3.05) is 20.6 Å². The van der Waals surface area contributed by atoms with Crippen molar-refractivity contribution in [3.8, 4) is 0 Å². The SMILES string of the molecule is C[NH+](C)Cc1ccccc1CNC(=O)CNC(=O)c1ccc(Cl)c(Cl)c1. The van der Waals surface area contributed by atoms with E-state index in [0.29, 0.717) is 22.2 Å². The first-order chi connectivity index (χ1) is 12.4. The molecule has 0 saturated carbocycles. The molecule has 0 unspecified atom stereocenters. The van der Waals surface area contributed by atoms with Crippen LogP contribution in [0.15, 0.2) is 42.5 Å². The van der Waals surface area contributed by atoms with Gasteiger partial charge < -0.3 is 15.5 Å². The number of benzene rings is 2. The molecule has 2 aromatic rings. The Hall–Kier alpha value is -2.08. The number of rotatable bonds is 7. The Morgan fingerprint density at radius 1 is 0.962 bits per heavy atom. The Kier molecular flexibility index (Phi) is 7.45. The van der Waals surface area contributed by atoms with Crippen molar-refractivity contribution < 1.29 is 14.5 Å². The topological polar surface area (TPSA) is 62.6 Å². The summed E-state index contributed by atoms with van der Waals surface area (Å²) in [6.45, 7) is 1.19. The lowest BCUT2D eigenvalue weighted by Crippen LogP contribution is -3.04. The van der Waals surface area contributed by atoms with Gasteiger partial charge in [0.1, 0.15) is 6.54 Å². The van der Waals surface area contributed by atoms with E-state index in [1.807, 2.05) is 18.2 Å². The molecule has 3 N–H and O–H groups in total. The zero-order chi connectivity index (χ0) is 19.1. The molecule has 0 aliphatic carbocycles. The molecule has 2 rings (SSSR count). The molecule has 5 nitrogen and oxygen atoms in total. The molecule has 0 atom stereocenters. The molecular formula is C19H22Cl2N3O2+. The molecular weight excluding hydrogens is 373 g/mol. The molecule has 0 saturated heterocycles. The number of hydrogen-bond donors (Lipinski definition) is 3. The first-order valence-corrected chi connectivity index (χ1v) is 8.98. The summed E-state index contributed by atoms with van der Waals surface area (Å²) in [5.74, 6) is -0.638. The summed E-state index contributed by atoms with van der Waals surface area (Å²) >= 11 is 11.7. The van der Waals surface area contributed by atoms with Gasteiger partial charge in [0.25, 0.3) is 5.91 Å². The minimum absolute atomic E-state index is 0.111. The van der Waals surface area contributed by atoms with Crippen molar-refractivity contribution in [3.63, 3.8) is 0 Å². The number of amides is 2. The number of halogens is 2. The van der Waals surface area contributed by atoms with Gasteiger partial charge in [-0.2, -0.15) is 0 Å². The Bertz CT molecular complexity index is 794. The van der Waals surface area contributed by atoms with Crippen LogP contribution >= 0.6 is 23.2 Å². The first kappa shape index (κ1) is 20.2. The van der Waals surface area contributed by atoms with Gasteiger partial charge in [0.15, 0.2) is 0 Å². The lowest BCUT2D eigenvalue weighted by Gasteiger charge is -2.13. The van der Waals surface area contributed by atoms with Gasteiger partial charge >= 0.3 is 0 Å². The summed E-state index contributed by atoms with van der Waals surface area (Å²) < 4.78 is 0. The van der Waals surface area contributed by atoms with Gasteiger partial charge in [-0.1, -0.05) is 47.5 Å². The monoisotopic (exact) mass is 394 g/mol. The standard InChI is InChI=1S/C19H21Cl2N3O2/c1-24(2)12-15-6-4-3-5-14(15)10-22-18(25)11-23-19(26)13-7-8-16(20)17(21)9-13/h3-9H,10-12H2,1-2H3,(H,22,25)(H,23,26)/p+1. The van der Waals surface area contributed by atoms with Crippen LogP contribution in [-0.2, 0) is 17.9 Å². The minimum atomic E-state index is -0.379.